The predicted molar refractivity (Wildman–Crippen MR) is 83.8 cm³/mol. The highest BCUT2D eigenvalue weighted by Gasteiger charge is 2.33. The normalized spacial score (nSPS) is 25.6. The molecule has 118 valence electrons. The van der Waals surface area contributed by atoms with Crippen LogP contribution in [0.4, 0.5) is 0 Å². The van der Waals surface area contributed by atoms with Gasteiger partial charge in [0.15, 0.2) is 0 Å². The van der Waals surface area contributed by atoms with Crippen molar-refractivity contribution in [2.24, 2.45) is 5.92 Å². The lowest BCUT2D eigenvalue weighted by Gasteiger charge is -2.39. The summed E-state index contributed by atoms with van der Waals surface area (Å²) in [5.74, 6) is 2.25. The minimum Gasteiger partial charge on any atom is -0.497 e. The summed E-state index contributed by atoms with van der Waals surface area (Å²) in [6, 6.07) is 5.88. The Bertz CT molecular complexity index is 441. The Hall–Kier alpha value is -1.26. The van der Waals surface area contributed by atoms with E-state index < -0.39 is 0 Å². The Morgan fingerprint density at radius 1 is 1.24 bits per heavy atom. The zero-order valence-corrected chi connectivity index (χ0v) is 13.3. The van der Waals surface area contributed by atoms with E-state index >= 15 is 0 Å². The van der Waals surface area contributed by atoms with Crippen LogP contribution in [0.15, 0.2) is 18.2 Å². The molecule has 2 atom stereocenters. The molecule has 4 nitrogen and oxygen atoms in total. The van der Waals surface area contributed by atoms with Gasteiger partial charge in [-0.15, -0.1) is 0 Å². The van der Waals surface area contributed by atoms with E-state index in [2.05, 4.69) is 12.2 Å². The van der Waals surface area contributed by atoms with E-state index in [0.29, 0.717) is 12.5 Å². The molecule has 1 aromatic rings. The van der Waals surface area contributed by atoms with Crippen LogP contribution in [0.1, 0.15) is 38.2 Å². The first kappa shape index (κ1) is 16.1. The maximum atomic E-state index is 9.83. The number of ether oxygens (including phenoxy) is 2. The highest BCUT2D eigenvalue weighted by atomic mass is 16.5. The van der Waals surface area contributed by atoms with E-state index in [-0.39, 0.29) is 12.1 Å². The van der Waals surface area contributed by atoms with Crippen LogP contribution in [-0.4, -0.2) is 31.5 Å². The molecular weight excluding hydrogens is 266 g/mol. The summed E-state index contributed by atoms with van der Waals surface area (Å²) in [5.41, 5.74) is 0.964. The molecule has 2 rings (SSSR count). The Kier molecular flexibility index (Phi) is 5.48. The minimum atomic E-state index is -0.145. The van der Waals surface area contributed by atoms with Gasteiger partial charge in [-0.1, -0.05) is 19.8 Å². The topological polar surface area (TPSA) is 50.7 Å². The van der Waals surface area contributed by atoms with Crippen molar-refractivity contribution in [3.8, 4) is 11.5 Å². The lowest BCUT2D eigenvalue weighted by atomic mass is 9.77. The molecule has 0 amide bonds. The van der Waals surface area contributed by atoms with Gasteiger partial charge in [0.05, 0.1) is 20.8 Å². The van der Waals surface area contributed by atoms with Gasteiger partial charge in [-0.3, -0.25) is 0 Å². The molecular formula is C17H27NO3. The SMILES string of the molecule is COc1cc(CNC2(CO)CCCC(C)C2)cc(OC)c1. The quantitative estimate of drug-likeness (QED) is 0.847. The average Bonchev–Trinajstić information content (AvgIpc) is 2.52. The largest absolute Gasteiger partial charge is 0.497 e. The van der Waals surface area contributed by atoms with E-state index in [9.17, 15) is 5.11 Å². The van der Waals surface area contributed by atoms with Gasteiger partial charge in [0.25, 0.3) is 0 Å². The first-order chi connectivity index (χ1) is 10.1. The van der Waals surface area contributed by atoms with Gasteiger partial charge < -0.3 is 19.9 Å². The second-order valence-electron chi connectivity index (χ2n) is 6.21. The Labute approximate surface area is 127 Å². The number of benzene rings is 1. The fourth-order valence-corrected chi connectivity index (χ4v) is 3.28. The zero-order chi connectivity index (χ0) is 15.3. The van der Waals surface area contributed by atoms with E-state index in [4.69, 9.17) is 9.47 Å². The maximum absolute atomic E-state index is 9.83. The van der Waals surface area contributed by atoms with Crippen molar-refractivity contribution in [3.05, 3.63) is 23.8 Å². The molecule has 0 aromatic heterocycles. The van der Waals surface area contributed by atoms with Crippen LogP contribution in [-0.2, 0) is 6.54 Å². The second kappa shape index (κ2) is 7.14. The van der Waals surface area contributed by atoms with Crippen LogP contribution >= 0.6 is 0 Å². The molecule has 1 aliphatic carbocycles. The van der Waals surface area contributed by atoms with Crippen molar-refractivity contribution < 1.29 is 14.6 Å². The molecule has 1 saturated carbocycles. The van der Waals surface area contributed by atoms with Crippen molar-refractivity contribution in [1.29, 1.82) is 0 Å². The zero-order valence-electron chi connectivity index (χ0n) is 13.3. The van der Waals surface area contributed by atoms with Gasteiger partial charge in [-0.2, -0.15) is 0 Å². The molecule has 0 spiro atoms. The molecule has 0 heterocycles. The average molecular weight is 293 g/mol. The molecule has 2 unspecified atom stereocenters. The molecule has 0 aliphatic heterocycles. The monoisotopic (exact) mass is 293 g/mol. The van der Waals surface area contributed by atoms with Crippen LogP contribution in [0.25, 0.3) is 0 Å². The van der Waals surface area contributed by atoms with E-state index in [1.54, 1.807) is 14.2 Å². The molecule has 0 radical (unpaired) electrons. The Morgan fingerprint density at radius 3 is 2.43 bits per heavy atom. The third-order valence-corrected chi connectivity index (χ3v) is 4.47. The lowest BCUT2D eigenvalue weighted by molar-refractivity contribution is 0.0982. The third-order valence-electron chi connectivity index (χ3n) is 4.47. The maximum Gasteiger partial charge on any atom is 0.122 e. The van der Waals surface area contributed by atoms with Crippen molar-refractivity contribution >= 4 is 0 Å². The fraction of sp³-hybridized carbons (Fsp3) is 0.647. The van der Waals surface area contributed by atoms with Crippen LogP contribution in [0.3, 0.4) is 0 Å². The van der Waals surface area contributed by atoms with Gasteiger partial charge in [-0.05, 0) is 36.5 Å². The summed E-state index contributed by atoms with van der Waals surface area (Å²) < 4.78 is 10.6. The smallest absolute Gasteiger partial charge is 0.122 e. The van der Waals surface area contributed by atoms with Crippen molar-refractivity contribution in [2.75, 3.05) is 20.8 Å². The van der Waals surface area contributed by atoms with Gasteiger partial charge in [-0.25, -0.2) is 0 Å². The first-order valence-corrected chi connectivity index (χ1v) is 7.68. The molecule has 1 aromatic carbocycles. The highest BCUT2D eigenvalue weighted by Crippen LogP contribution is 2.32. The molecule has 4 heteroatoms. The number of nitrogens with one attached hydrogen (secondary N) is 1. The fourth-order valence-electron chi connectivity index (χ4n) is 3.28. The molecule has 21 heavy (non-hydrogen) atoms. The molecule has 2 N–H and O–H groups in total. The highest BCUT2D eigenvalue weighted by molar-refractivity contribution is 5.38. The lowest BCUT2D eigenvalue weighted by Crippen LogP contribution is -2.51. The van der Waals surface area contributed by atoms with Gasteiger partial charge in [0.2, 0.25) is 0 Å². The van der Waals surface area contributed by atoms with Crippen LogP contribution in [0.2, 0.25) is 0 Å². The van der Waals surface area contributed by atoms with Gasteiger partial charge >= 0.3 is 0 Å². The Morgan fingerprint density at radius 2 is 1.90 bits per heavy atom. The first-order valence-electron chi connectivity index (χ1n) is 7.68. The summed E-state index contributed by atoms with van der Waals surface area (Å²) in [6.07, 6.45) is 4.51. The molecule has 1 fully saturated rings. The standard InChI is InChI=1S/C17H27NO3/c1-13-5-4-6-17(10-13,12-19)18-11-14-7-15(20-2)9-16(8-14)21-3/h7-9,13,18-19H,4-6,10-12H2,1-3H3. The Balaban J connectivity index is 2.07. The number of hydrogen-bond donors (Lipinski definition) is 2. The van der Waals surface area contributed by atoms with Crippen molar-refractivity contribution in [2.45, 2.75) is 44.7 Å². The minimum absolute atomic E-state index is 0.145. The number of hydrogen-bond acceptors (Lipinski definition) is 4. The van der Waals surface area contributed by atoms with Gasteiger partial charge in [0.1, 0.15) is 11.5 Å². The molecule has 0 bridgehead atoms. The summed E-state index contributed by atoms with van der Waals surface area (Å²) in [5, 5.41) is 13.4. The third kappa shape index (κ3) is 4.11. The van der Waals surface area contributed by atoms with Crippen molar-refractivity contribution in [1.82, 2.24) is 5.32 Å². The number of aliphatic hydroxyl groups excluding tert-OH is 1. The van der Waals surface area contributed by atoms with E-state index in [1.165, 1.54) is 12.8 Å². The molecule has 0 saturated heterocycles. The number of rotatable bonds is 6. The predicted octanol–water partition coefficient (Wildman–Crippen LogP) is 2.73. The van der Waals surface area contributed by atoms with Crippen molar-refractivity contribution in [3.63, 3.8) is 0 Å². The molecule has 1 aliphatic rings. The van der Waals surface area contributed by atoms with E-state index in [0.717, 1.165) is 29.9 Å². The van der Waals surface area contributed by atoms with Crippen LogP contribution in [0.5, 0.6) is 11.5 Å². The van der Waals surface area contributed by atoms with Gasteiger partial charge in [0, 0.05) is 18.2 Å². The van der Waals surface area contributed by atoms with Crippen LogP contribution < -0.4 is 14.8 Å². The summed E-state index contributed by atoms with van der Waals surface area (Å²) in [4.78, 5) is 0. The van der Waals surface area contributed by atoms with E-state index in [1.807, 2.05) is 18.2 Å². The summed E-state index contributed by atoms with van der Waals surface area (Å²) in [7, 11) is 3.31. The summed E-state index contributed by atoms with van der Waals surface area (Å²) >= 11 is 0. The summed E-state index contributed by atoms with van der Waals surface area (Å²) in [6.45, 7) is 3.17. The second-order valence-corrected chi connectivity index (χ2v) is 6.21. The van der Waals surface area contributed by atoms with Crippen LogP contribution in [0, 0.1) is 5.92 Å². The number of methoxy groups -OCH3 is 2. The number of aliphatic hydroxyl groups is 1.